The van der Waals surface area contributed by atoms with Gasteiger partial charge in [-0.1, -0.05) is 6.42 Å². The van der Waals surface area contributed by atoms with E-state index in [0.717, 1.165) is 12.8 Å². The summed E-state index contributed by atoms with van der Waals surface area (Å²) in [4.78, 5) is 20.2. The molecule has 0 saturated heterocycles. The number of carbonyl (C=O) groups is 2. The topological polar surface area (TPSA) is 179 Å². The van der Waals surface area contributed by atoms with Gasteiger partial charge < -0.3 is 33.1 Å². The highest BCUT2D eigenvalue weighted by Crippen LogP contribution is 1.97. The van der Waals surface area contributed by atoms with Gasteiger partial charge in [-0.25, -0.2) is 0 Å². The molecule has 0 aliphatic rings. The van der Waals surface area contributed by atoms with Crippen LogP contribution < -0.4 is 22.9 Å². The van der Waals surface area contributed by atoms with Crippen LogP contribution >= 0.6 is 0 Å². The van der Waals surface area contributed by atoms with E-state index in [2.05, 4.69) is 0 Å². The van der Waals surface area contributed by atoms with Crippen LogP contribution in [-0.2, 0) is 9.59 Å². The molecule has 10 N–H and O–H groups in total. The maximum Gasteiger partial charge on any atom is 0.320 e. The van der Waals surface area contributed by atoms with Crippen molar-refractivity contribution in [1.82, 2.24) is 0 Å². The van der Waals surface area contributed by atoms with Crippen molar-refractivity contribution < 1.29 is 19.8 Å². The van der Waals surface area contributed by atoms with E-state index in [-0.39, 0.29) is 0 Å². The molecule has 8 nitrogen and oxygen atoms in total. The fourth-order valence-electron chi connectivity index (χ4n) is 1.09. The number of nitrogens with two attached hydrogens (primary N) is 4. The summed E-state index contributed by atoms with van der Waals surface area (Å²) in [7, 11) is 0. The van der Waals surface area contributed by atoms with Gasteiger partial charge in [-0.3, -0.25) is 9.59 Å². The Bertz CT molecular complexity index is 251. The van der Waals surface area contributed by atoms with Crippen LogP contribution in [0, 0.1) is 0 Å². The van der Waals surface area contributed by atoms with E-state index in [1.165, 1.54) is 0 Å². The third-order valence-corrected chi connectivity index (χ3v) is 2.32. The summed E-state index contributed by atoms with van der Waals surface area (Å²) < 4.78 is 0. The smallest absolute Gasteiger partial charge is 0.320 e. The first kappa shape index (κ1) is 20.1. The first-order valence-corrected chi connectivity index (χ1v) is 6.23. The lowest BCUT2D eigenvalue weighted by molar-refractivity contribution is -0.139. The highest BCUT2D eigenvalue weighted by molar-refractivity contribution is 5.73. The average Bonchev–Trinajstić information content (AvgIpc) is 2.36. The summed E-state index contributed by atoms with van der Waals surface area (Å²) in [6.45, 7) is 1.10. The third kappa shape index (κ3) is 14.7. The molecule has 2 atom stereocenters. The number of unbranched alkanes of at least 4 members (excludes halogenated alkanes) is 1. The summed E-state index contributed by atoms with van der Waals surface area (Å²) in [5.41, 5.74) is 20.7. The van der Waals surface area contributed by atoms with Crippen molar-refractivity contribution in [3.8, 4) is 0 Å². The summed E-state index contributed by atoms with van der Waals surface area (Å²) >= 11 is 0. The van der Waals surface area contributed by atoms with Crippen molar-refractivity contribution in [2.24, 2.45) is 22.9 Å². The Hall–Kier alpha value is -1.22. The minimum Gasteiger partial charge on any atom is -0.480 e. The molecular formula is C11H26N4O4. The van der Waals surface area contributed by atoms with Crippen LogP contribution in [0.25, 0.3) is 0 Å². The molecule has 114 valence electrons. The standard InChI is InChI=1S/C6H14N2O2.C5H12N2O2/c7-4-2-1-3-5(8)6(9)10;6-3-1-2-4(7)5(8)9/h5H,1-4,7-8H2,(H,9,10);4H,1-3,6-7H2,(H,8,9)/t5-;4-/m00/s1. The number of carboxylic acid groups (broad SMARTS) is 2. The molecule has 0 unspecified atom stereocenters. The Labute approximate surface area is 113 Å². The Morgan fingerprint density at radius 1 is 0.789 bits per heavy atom. The van der Waals surface area contributed by atoms with Gasteiger partial charge in [0, 0.05) is 0 Å². The molecule has 19 heavy (non-hydrogen) atoms. The molecule has 0 aliphatic heterocycles. The fraction of sp³-hybridized carbons (Fsp3) is 0.818. The Kier molecular flexibility index (Phi) is 14.0. The molecule has 8 heteroatoms. The number of carboxylic acids is 2. The van der Waals surface area contributed by atoms with Gasteiger partial charge in [-0.15, -0.1) is 0 Å². The third-order valence-electron chi connectivity index (χ3n) is 2.32. The van der Waals surface area contributed by atoms with Crippen LogP contribution in [0.3, 0.4) is 0 Å². The molecular weight excluding hydrogens is 252 g/mol. The lowest BCUT2D eigenvalue weighted by atomic mass is 10.1. The summed E-state index contributed by atoms with van der Waals surface area (Å²) in [6, 6.07) is -1.46. The SMILES string of the molecule is NCCCC[C@H](N)C(=O)O.NCCC[C@H](N)C(=O)O. The highest BCUT2D eigenvalue weighted by atomic mass is 16.4. The molecule has 0 spiro atoms. The largest absolute Gasteiger partial charge is 0.480 e. The predicted octanol–water partition coefficient (Wildman–Crippen LogP) is -1.34. The average molecular weight is 278 g/mol. The van der Waals surface area contributed by atoms with Crippen LogP contribution in [0.2, 0.25) is 0 Å². The molecule has 0 rings (SSSR count). The van der Waals surface area contributed by atoms with Crippen molar-refractivity contribution in [1.29, 1.82) is 0 Å². The first-order chi connectivity index (χ1) is 8.86. The van der Waals surface area contributed by atoms with Gasteiger partial charge >= 0.3 is 11.9 Å². The monoisotopic (exact) mass is 278 g/mol. The van der Waals surface area contributed by atoms with Crippen molar-refractivity contribution in [3.63, 3.8) is 0 Å². The second-order valence-electron chi connectivity index (χ2n) is 4.10. The van der Waals surface area contributed by atoms with Gasteiger partial charge in [0.2, 0.25) is 0 Å². The first-order valence-electron chi connectivity index (χ1n) is 6.23. The van der Waals surface area contributed by atoms with Crippen molar-refractivity contribution in [3.05, 3.63) is 0 Å². The van der Waals surface area contributed by atoms with Crippen LogP contribution in [-0.4, -0.2) is 47.3 Å². The molecule has 0 bridgehead atoms. The normalized spacial score (nSPS) is 13.1. The molecule has 0 radical (unpaired) electrons. The minimum absolute atomic E-state index is 0.464. The van der Waals surface area contributed by atoms with Gasteiger partial charge in [-0.2, -0.15) is 0 Å². The molecule has 0 aliphatic carbocycles. The van der Waals surface area contributed by atoms with E-state index < -0.39 is 24.0 Å². The van der Waals surface area contributed by atoms with Gasteiger partial charge in [0.1, 0.15) is 12.1 Å². The summed E-state index contributed by atoms with van der Waals surface area (Å²) in [5, 5.41) is 16.6. The van der Waals surface area contributed by atoms with Gasteiger partial charge in [-0.05, 0) is 38.8 Å². The second-order valence-corrected chi connectivity index (χ2v) is 4.10. The van der Waals surface area contributed by atoms with Gasteiger partial charge in [0.25, 0.3) is 0 Å². The minimum atomic E-state index is -0.955. The van der Waals surface area contributed by atoms with Crippen molar-refractivity contribution >= 4 is 11.9 Å². The zero-order chi connectivity index (χ0) is 15.3. The lowest BCUT2D eigenvalue weighted by Gasteiger charge is -2.03. The molecule has 0 heterocycles. The van der Waals surface area contributed by atoms with Crippen LogP contribution in [0.5, 0.6) is 0 Å². The maximum atomic E-state index is 10.1. The second kappa shape index (κ2) is 13.2. The Balaban J connectivity index is 0. The zero-order valence-corrected chi connectivity index (χ0v) is 11.1. The quantitative estimate of drug-likeness (QED) is 0.280. The van der Waals surface area contributed by atoms with E-state index in [9.17, 15) is 9.59 Å². The van der Waals surface area contributed by atoms with E-state index in [1.807, 2.05) is 0 Å². The fourth-order valence-corrected chi connectivity index (χ4v) is 1.09. The maximum absolute atomic E-state index is 10.1. The molecule has 0 fully saturated rings. The molecule has 0 aromatic heterocycles. The van der Waals surface area contributed by atoms with Gasteiger partial charge in [0.15, 0.2) is 0 Å². The Morgan fingerprint density at radius 3 is 1.47 bits per heavy atom. The predicted molar refractivity (Wildman–Crippen MR) is 72.4 cm³/mol. The molecule has 0 aromatic carbocycles. The summed E-state index contributed by atoms with van der Waals surface area (Å²) in [6.07, 6.45) is 3.30. The van der Waals surface area contributed by atoms with Gasteiger partial charge in [0.05, 0.1) is 0 Å². The molecule has 0 aromatic rings. The summed E-state index contributed by atoms with van der Waals surface area (Å²) in [5.74, 6) is -1.89. The number of hydrogen-bond donors (Lipinski definition) is 6. The van der Waals surface area contributed by atoms with E-state index >= 15 is 0 Å². The lowest BCUT2D eigenvalue weighted by Crippen LogP contribution is -2.30. The number of aliphatic carboxylic acids is 2. The number of hydrogen-bond acceptors (Lipinski definition) is 6. The van der Waals surface area contributed by atoms with E-state index in [1.54, 1.807) is 0 Å². The zero-order valence-electron chi connectivity index (χ0n) is 11.1. The van der Waals surface area contributed by atoms with Crippen molar-refractivity contribution in [2.45, 2.75) is 44.2 Å². The van der Waals surface area contributed by atoms with E-state index in [0.29, 0.717) is 32.4 Å². The highest BCUT2D eigenvalue weighted by Gasteiger charge is 2.09. The van der Waals surface area contributed by atoms with Crippen LogP contribution in [0.1, 0.15) is 32.1 Å². The van der Waals surface area contributed by atoms with E-state index in [4.69, 9.17) is 33.1 Å². The number of rotatable bonds is 9. The van der Waals surface area contributed by atoms with Crippen molar-refractivity contribution in [2.75, 3.05) is 13.1 Å². The van der Waals surface area contributed by atoms with Crippen LogP contribution in [0.4, 0.5) is 0 Å². The van der Waals surface area contributed by atoms with Crippen LogP contribution in [0.15, 0.2) is 0 Å². The Morgan fingerprint density at radius 2 is 1.16 bits per heavy atom. The molecule has 0 saturated carbocycles. The molecule has 0 amide bonds.